The molecule has 0 aromatic heterocycles. The lowest BCUT2D eigenvalue weighted by Crippen LogP contribution is -2.10. The molecule has 82 valence electrons. The molecule has 0 heterocycles. The van der Waals surface area contributed by atoms with Crippen LogP contribution in [0.1, 0.15) is 38.2 Å². The van der Waals surface area contributed by atoms with Crippen molar-refractivity contribution in [3.8, 4) is 0 Å². The highest BCUT2D eigenvalue weighted by atomic mass is 17.1. The molecule has 1 aromatic carbocycles. The number of carbonyl (C=O) groups is 1. The monoisotopic (exact) mass is 210 g/mol. The van der Waals surface area contributed by atoms with Crippen LogP contribution >= 0.6 is 0 Å². The Morgan fingerprint density at radius 2 is 1.40 bits per heavy atom. The van der Waals surface area contributed by atoms with E-state index in [0.29, 0.717) is 5.56 Å². The van der Waals surface area contributed by atoms with E-state index in [9.17, 15) is 4.79 Å². The Kier molecular flexibility index (Phi) is 2.73. The van der Waals surface area contributed by atoms with Gasteiger partial charge in [0.1, 0.15) is 0 Å². The van der Waals surface area contributed by atoms with E-state index < -0.39 is 5.97 Å². The Morgan fingerprint density at radius 3 is 1.80 bits per heavy atom. The molecule has 0 aliphatic heterocycles. The van der Waals surface area contributed by atoms with Gasteiger partial charge in [0, 0.05) is 0 Å². The molecule has 0 aliphatic carbocycles. The SMILES string of the molecule is [3H]OOC(=O)c1c(C)c(C)c(C)c(C)c1C. The second-order valence-corrected chi connectivity index (χ2v) is 3.87. The van der Waals surface area contributed by atoms with E-state index in [-0.39, 0.29) is 0 Å². The van der Waals surface area contributed by atoms with Crippen molar-refractivity contribution in [2.45, 2.75) is 34.6 Å². The van der Waals surface area contributed by atoms with Crippen LogP contribution < -0.4 is 0 Å². The molecule has 0 saturated carbocycles. The van der Waals surface area contributed by atoms with Gasteiger partial charge in [-0.2, -0.15) is 5.26 Å². The minimum absolute atomic E-state index is 0.493. The Labute approximate surface area is 91.1 Å². The molecule has 0 amide bonds. The number of hydrogen-bond acceptors (Lipinski definition) is 3. The molecule has 3 nitrogen and oxygen atoms in total. The molecule has 0 atom stereocenters. The van der Waals surface area contributed by atoms with Crippen molar-refractivity contribution in [2.24, 2.45) is 0 Å². The maximum Gasteiger partial charge on any atom is 0.373 e. The minimum atomic E-state index is -0.615. The summed E-state index contributed by atoms with van der Waals surface area (Å²) in [5.41, 5.74) is 5.57. The zero-order chi connectivity index (χ0) is 12.5. The summed E-state index contributed by atoms with van der Waals surface area (Å²) in [6, 6.07) is 0. The van der Waals surface area contributed by atoms with Crippen molar-refractivity contribution < 1.29 is 14.9 Å². The molecule has 0 bridgehead atoms. The van der Waals surface area contributed by atoms with Gasteiger partial charge in [-0.25, -0.2) is 4.79 Å². The average Bonchev–Trinajstić information content (AvgIpc) is 2.24. The molecule has 15 heavy (non-hydrogen) atoms. The summed E-state index contributed by atoms with van der Waals surface area (Å²) >= 11 is 0. The average molecular weight is 210 g/mol. The highest BCUT2D eigenvalue weighted by Gasteiger charge is 2.19. The largest absolute Gasteiger partial charge is 0.373 e. The van der Waals surface area contributed by atoms with Crippen molar-refractivity contribution in [2.75, 3.05) is 0 Å². The topological polar surface area (TPSA) is 46.5 Å². The molecule has 0 spiro atoms. The van der Waals surface area contributed by atoms with Gasteiger partial charge < -0.3 is 0 Å². The fourth-order valence-electron chi connectivity index (χ4n) is 1.85. The number of rotatable bonds is 2. The van der Waals surface area contributed by atoms with E-state index in [0.717, 1.165) is 22.3 Å². The molecular weight excluding hydrogens is 192 g/mol. The summed E-state index contributed by atoms with van der Waals surface area (Å²) in [5, 5.41) is 3.68. The predicted molar refractivity (Wildman–Crippen MR) is 58.2 cm³/mol. The third-order valence-corrected chi connectivity index (χ3v) is 3.28. The quantitative estimate of drug-likeness (QED) is 0.603. The van der Waals surface area contributed by atoms with Crippen LogP contribution in [0.5, 0.6) is 0 Å². The molecule has 1 N–H and O–H groups in total. The predicted octanol–water partition coefficient (Wildman–Crippen LogP) is 2.86. The van der Waals surface area contributed by atoms with Gasteiger partial charge >= 0.3 is 5.97 Å². The van der Waals surface area contributed by atoms with Crippen molar-refractivity contribution in [1.29, 1.82) is 1.43 Å². The smallest absolute Gasteiger partial charge is 0.295 e. The summed E-state index contributed by atoms with van der Waals surface area (Å²) in [4.78, 5) is 15.9. The van der Waals surface area contributed by atoms with Crippen LogP contribution in [0.15, 0.2) is 0 Å². The zero-order valence-electron chi connectivity index (χ0n) is 10.7. The van der Waals surface area contributed by atoms with Gasteiger partial charge in [-0.1, -0.05) is 0 Å². The molecule has 0 saturated heterocycles. The lowest BCUT2D eigenvalue weighted by Gasteiger charge is -2.16. The van der Waals surface area contributed by atoms with Gasteiger partial charge in [0.05, 0.1) is 5.56 Å². The minimum Gasteiger partial charge on any atom is -0.295 e. The van der Waals surface area contributed by atoms with Crippen LogP contribution in [-0.4, -0.2) is 11.2 Å². The normalized spacial score (nSPS) is 11.1. The molecule has 0 radical (unpaired) electrons. The first-order valence-electron chi connectivity index (χ1n) is 5.23. The van der Waals surface area contributed by atoms with Gasteiger partial charge in [-0.15, -0.1) is 0 Å². The van der Waals surface area contributed by atoms with Crippen LogP contribution in [-0.2, 0) is 4.89 Å². The van der Waals surface area contributed by atoms with E-state index in [1.807, 2.05) is 34.6 Å². The number of carbonyl (C=O) groups excluding carboxylic acids is 1. The second kappa shape index (κ2) is 4.03. The van der Waals surface area contributed by atoms with Crippen LogP contribution in [0, 0.1) is 34.6 Å². The summed E-state index contributed by atoms with van der Waals surface area (Å²) < 4.78 is 6.43. The Bertz CT molecular complexity index is 409. The zero-order valence-corrected chi connectivity index (χ0v) is 9.72. The third kappa shape index (κ3) is 1.75. The van der Waals surface area contributed by atoms with Crippen molar-refractivity contribution in [1.82, 2.24) is 0 Å². The second-order valence-electron chi connectivity index (χ2n) is 3.87. The van der Waals surface area contributed by atoms with E-state index in [1.54, 1.807) is 0 Å². The first-order chi connectivity index (χ1) is 7.41. The third-order valence-electron chi connectivity index (χ3n) is 3.28. The van der Waals surface area contributed by atoms with Crippen LogP contribution in [0.25, 0.3) is 1.43 Å². The molecular formula is C12H16O3. The van der Waals surface area contributed by atoms with Gasteiger partial charge in [0.2, 0.25) is 0 Å². The maximum atomic E-state index is 11.6. The van der Waals surface area contributed by atoms with Gasteiger partial charge in [-0.05, 0) is 62.4 Å². The summed E-state index contributed by atoms with van der Waals surface area (Å²) in [6.45, 7) is 9.70. The molecule has 0 aliphatic rings. The van der Waals surface area contributed by atoms with Gasteiger partial charge in [0.15, 0.2) is 0 Å². The molecule has 0 fully saturated rings. The first-order valence-corrected chi connectivity index (χ1v) is 4.82. The van der Waals surface area contributed by atoms with Gasteiger partial charge in [-0.3, -0.25) is 4.89 Å². The Hall–Kier alpha value is -1.35. The van der Waals surface area contributed by atoms with Crippen molar-refractivity contribution in [3.63, 3.8) is 0 Å². The standard InChI is InChI=1S/C12H16O3/c1-6-7(2)9(4)11(12(13)15-14)10(5)8(6)3/h14H,1-5H3/i/hT. The molecule has 1 rings (SSSR count). The molecule has 0 unspecified atom stereocenters. The Balaban J connectivity index is 3.45. The molecule has 1 aromatic rings. The van der Waals surface area contributed by atoms with E-state index in [2.05, 4.69) is 10.1 Å². The first kappa shape index (κ1) is 10.2. The van der Waals surface area contributed by atoms with Crippen molar-refractivity contribution >= 4 is 5.97 Å². The van der Waals surface area contributed by atoms with E-state index >= 15 is 0 Å². The summed E-state index contributed by atoms with van der Waals surface area (Å²) in [6.07, 6.45) is 0. The van der Waals surface area contributed by atoms with Crippen LogP contribution in [0.3, 0.4) is 0 Å². The summed E-state index contributed by atoms with van der Waals surface area (Å²) in [5.74, 6) is -0.615. The lowest BCUT2D eigenvalue weighted by atomic mass is 9.90. The van der Waals surface area contributed by atoms with E-state index in [1.165, 1.54) is 5.56 Å². The van der Waals surface area contributed by atoms with Crippen molar-refractivity contribution in [3.05, 3.63) is 33.4 Å². The Morgan fingerprint density at radius 1 is 1.00 bits per heavy atom. The highest BCUT2D eigenvalue weighted by Crippen LogP contribution is 2.26. The number of hydrogen-bond donors (Lipinski definition) is 1. The number of benzene rings is 1. The lowest BCUT2D eigenvalue weighted by molar-refractivity contribution is -0.182. The fraction of sp³-hybridized carbons (Fsp3) is 0.417. The summed E-state index contributed by atoms with van der Waals surface area (Å²) in [7, 11) is 0. The molecule has 3 heteroatoms. The van der Waals surface area contributed by atoms with Gasteiger partial charge in [0.25, 0.3) is 1.43 Å². The van der Waals surface area contributed by atoms with E-state index in [4.69, 9.17) is 1.43 Å². The van der Waals surface area contributed by atoms with Crippen LogP contribution in [0.4, 0.5) is 0 Å². The fourth-order valence-corrected chi connectivity index (χ4v) is 1.85. The van der Waals surface area contributed by atoms with Crippen LogP contribution in [0.2, 0.25) is 0 Å². The highest BCUT2D eigenvalue weighted by molar-refractivity contribution is 5.93. The maximum absolute atomic E-state index is 11.6.